The van der Waals surface area contributed by atoms with Crippen LogP contribution >= 0.6 is 0 Å². The number of benzene rings is 1. The molecule has 1 aromatic rings. The van der Waals surface area contributed by atoms with Gasteiger partial charge in [0.25, 0.3) is 0 Å². The first-order valence-electron chi connectivity index (χ1n) is 5.89. The molecule has 0 radical (unpaired) electrons. The van der Waals surface area contributed by atoms with E-state index in [1.54, 1.807) is 0 Å². The topological polar surface area (TPSA) is 67.8 Å². The molecule has 0 saturated carbocycles. The van der Waals surface area contributed by atoms with Crippen LogP contribution in [0.3, 0.4) is 0 Å². The Kier molecular flexibility index (Phi) is 6.65. The molecule has 0 saturated heterocycles. The SMILES string of the molecule is CCOCc1cc2c(cc1CCC(=O)[O-])OCO2.[Na+]. The first kappa shape index (κ1) is 16.3. The quantitative estimate of drug-likeness (QED) is 0.543. The number of carboxylic acid groups (broad SMARTS) is 1. The van der Waals surface area contributed by atoms with Crippen LogP contribution in [-0.4, -0.2) is 19.4 Å². The summed E-state index contributed by atoms with van der Waals surface area (Å²) in [6, 6.07) is 3.67. The molecule has 0 spiro atoms. The fraction of sp³-hybridized carbons (Fsp3) is 0.462. The van der Waals surface area contributed by atoms with Crippen molar-refractivity contribution in [3.8, 4) is 11.5 Å². The van der Waals surface area contributed by atoms with Crippen LogP contribution in [0.15, 0.2) is 12.1 Å². The molecule has 0 bridgehead atoms. The van der Waals surface area contributed by atoms with Gasteiger partial charge in [0.1, 0.15) is 0 Å². The van der Waals surface area contributed by atoms with Gasteiger partial charge in [0.05, 0.1) is 6.61 Å². The Bertz CT molecular complexity index is 447. The molecule has 0 N–H and O–H groups in total. The molecule has 19 heavy (non-hydrogen) atoms. The zero-order chi connectivity index (χ0) is 13.0. The number of hydrogen-bond acceptors (Lipinski definition) is 5. The first-order chi connectivity index (χ1) is 8.70. The van der Waals surface area contributed by atoms with Gasteiger partial charge < -0.3 is 24.1 Å². The summed E-state index contributed by atoms with van der Waals surface area (Å²) in [6.07, 6.45) is 0.389. The van der Waals surface area contributed by atoms with Crippen LogP contribution in [-0.2, 0) is 22.6 Å². The van der Waals surface area contributed by atoms with Gasteiger partial charge in [-0.1, -0.05) is 0 Å². The Morgan fingerprint density at radius 1 is 1.32 bits per heavy atom. The third-order valence-corrected chi connectivity index (χ3v) is 2.75. The number of carbonyl (C=O) groups is 1. The number of aryl methyl sites for hydroxylation is 1. The second-order valence-corrected chi connectivity index (χ2v) is 3.98. The molecular formula is C13H15NaO5. The predicted octanol–water partition coefficient (Wildman–Crippen LogP) is -2.36. The van der Waals surface area contributed by atoms with Crippen molar-refractivity contribution in [2.24, 2.45) is 0 Å². The number of carbonyl (C=O) groups excluding carboxylic acids is 1. The second kappa shape index (κ2) is 7.75. The van der Waals surface area contributed by atoms with Crippen molar-refractivity contribution < 1.29 is 53.7 Å². The van der Waals surface area contributed by atoms with Crippen LogP contribution in [0.25, 0.3) is 0 Å². The molecule has 0 aromatic heterocycles. The maximum absolute atomic E-state index is 10.5. The number of aliphatic carboxylic acids is 1. The smallest absolute Gasteiger partial charge is 0.550 e. The third-order valence-electron chi connectivity index (χ3n) is 2.75. The molecule has 1 aromatic carbocycles. The van der Waals surface area contributed by atoms with Crippen molar-refractivity contribution in [3.63, 3.8) is 0 Å². The van der Waals surface area contributed by atoms with E-state index in [4.69, 9.17) is 14.2 Å². The molecule has 1 aliphatic rings. The average Bonchev–Trinajstić information content (AvgIpc) is 2.79. The fourth-order valence-electron chi connectivity index (χ4n) is 1.84. The molecular weight excluding hydrogens is 259 g/mol. The van der Waals surface area contributed by atoms with Gasteiger partial charge in [0.15, 0.2) is 11.5 Å². The Morgan fingerprint density at radius 3 is 2.53 bits per heavy atom. The largest absolute Gasteiger partial charge is 1.00 e. The van der Waals surface area contributed by atoms with Crippen molar-refractivity contribution in [2.45, 2.75) is 26.4 Å². The average molecular weight is 274 g/mol. The van der Waals surface area contributed by atoms with Gasteiger partial charge in [0, 0.05) is 12.6 Å². The minimum Gasteiger partial charge on any atom is -0.550 e. The summed E-state index contributed by atoms with van der Waals surface area (Å²) in [6.45, 7) is 3.16. The van der Waals surface area contributed by atoms with E-state index < -0.39 is 5.97 Å². The number of rotatable bonds is 6. The molecule has 1 aliphatic heterocycles. The number of ether oxygens (including phenoxy) is 3. The van der Waals surface area contributed by atoms with Gasteiger partial charge >= 0.3 is 29.6 Å². The molecule has 1 heterocycles. The molecule has 0 amide bonds. The molecule has 0 atom stereocenters. The van der Waals surface area contributed by atoms with E-state index in [0.29, 0.717) is 31.1 Å². The van der Waals surface area contributed by atoms with Crippen molar-refractivity contribution in [1.29, 1.82) is 0 Å². The summed E-state index contributed by atoms with van der Waals surface area (Å²) >= 11 is 0. The van der Waals surface area contributed by atoms with E-state index in [-0.39, 0.29) is 42.8 Å². The summed E-state index contributed by atoms with van der Waals surface area (Å²) in [5, 5.41) is 10.5. The zero-order valence-corrected chi connectivity index (χ0v) is 13.2. The maximum Gasteiger partial charge on any atom is 1.00 e. The van der Waals surface area contributed by atoms with Crippen molar-refractivity contribution in [2.75, 3.05) is 13.4 Å². The van der Waals surface area contributed by atoms with Crippen LogP contribution in [0.4, 0.5) is 0 Å². The van der Waals surface area contributed by atoms with Gasteiger partial charge in [-0.25, -0.2) is 0 Å². The van der Waals surface area contributed by atoms with Gasteiger partial charge in [-0.3, -0.25) is 0 Å². The van der Waals surface area contributed by atoms with Crippen LogP contribution < -0.4 is 44.1 Å². The van der Waals surface area contributed by atoms with Crippen LogP contribution in [0.5, 0.6) is 11.5 Å². The predicted molar refractivity (Wildman–Crippen MR) is 61.2 cm³/mol. The summed E-state index contributed by atoms with van der Waals surface area (Å²) in [4.78, 5) is 10.5. The number of carboxylic acids is 1. The standard InChI is InChI=1S/C13H16O5.Na/c1-2-16-7-10-6-12-11(17-8-18-12)5-9(10)3-4-13(14)15;/h5-6H,2-4,7-8H2,1H3,(H,14,15);/q;+1/p-1. The third kappa shape index (κ3) is 4.38. The fourth-order valence-corrected chi connectivity index (χ4v) is 1.84. The molecule has 0 aliphatic carbocycles. The van der Waals surface area contributed by atoms with Gasteiger partial charge in [-0.2, -0.15) is 0 Å². The van der Waals surface area contributed by atoms with E-state index >= 15 is 0 Å². The van der Waals surface area contributed by atoms with Crippen molar-refractivity contribution in [1.82, 2.24) is 0 Å². The molecule has 6 heteroatoms. The van der Waals surface area contributed by atoms with Crippen molar-refractivity contribution in [3.05, 3.63) is 23.3 Å². The Morgan fingerprint density at radius 2 is 1.95 bits per heavy atom. The molecule has 2 rings (SSSR count). The monoisotopic (exact) mass is 274 g/mol. The Labute approximate surface area is 134 Å². The minimum atomic E-state index is -1.06. The Balaban J connectivity index is 0.00000180. The van der Waals surface area contributed by atoms with Gasteiger partial charge in [0.2, 0.25) is 6.79 Å². The van der Waals surface area contributed by atoms with Crippen LogP contribution in [0, 0.1) is 0 Å². The summed E-state index contributed by atoms with van der Waals surface area (Å²) in [7, 11) is 0. The molecule has 5 nitrogen and oxygen atoms in total. The second-order valence-electron chi connectivity index (χ2n) is 3.98. The van der Waals surface area contributed by atoms with Crippen molar-refractivity contribution >= 4 is 5.97 Å². The van der Waals surface area contributed by atoms with Crippen LogP contribution in [0.1, 0.15) is 24.5 Å². The van der Waals surface area contributed by atoms with E-state index in [1.165, 1.54) is 0 Å². The molecule has 0 unspecified atom stereocenters. The number of hydrogen-bond donors (Lipinski definition) is 0. The number of fused-ring (bicyclic) bond motifs is 1. The van der Waals surface area contributed by atoms with E-state index in [0.717, 1.165) is 11.1 Å². The maximum atomic E-state index is 10.5. The first-order valence-corrected chi connectivity index (χ1v) is 5.89. The van der Waals surface area contributed by atoms with Gasteiger partial charge in [-0.05, 0) is 43.0 Å². The summed E-state index contributed by atoms with van der Waals surface area (Å²) < 4.78 is 15.9. The van der Waals surface area contributed by atoms with E-state index in [1.807, 2.05) is 19.1 Å². The van der Waals surface area contributed by atoms with Crippen LogP contribution in [0.2, 0.25) is 0 Å². The summed E-state index contributed by atoms with van der Waals surface area (Å²) in [5.41, 5.74) is 1.83. The minimum absolute atomic E-state index is 0. The van der Waals surface area contributed by atoms with E-state index in [2.05, 4.69) is 0 Å². The van der Waals surface area contributed by atoms with Gasteiger partial charge in [-0.15, -0.1) is 0 Å². The normalized spacial score (nSPS) is 12.1. The molecule has 98 valence electrons. The zero-order valence-electron chi connectivity index (χ0n) is 11.2. The summed E-state index contributed by atoms with van der Waals surface area (Å²) in [5.74, 6) is 0.278. The Hall–Kier alpha value is -0.750. The van der Waals surface area contributed by atoms with E-state index in [9.17, 15) is 9.90 Å². The molecule has 0 fully saturated rings.